The molecule has 0 spiro atoms. The van der Waals surface area contributed by atoms with Crippen LogP contribution in [-0.4, -0.2) is 63.5 Å². The fourth-order valence-corrected chi connectivity index (χ4v) is 4.54. The molecule has 10 nitrogen and oxygen atoms in total. The van der Waals surface area contributed by atoms with Gasteiger partial charge in [-0.25, -0.2) is 19.4 Å². The third kappa shape index (κ3) is 6.64. The average molecular weight is 528 g/mol. The summed E-state index contributed by atoms with van der Waals surface area (Å²) >= 11 is 0. The lowest BCUT2D eigenvalue weighted by Gasteiger charge is -2.25. The number of carbonyl (C=O) groups is 1. The fourth-order valence-electron chi connectivity index (χ4n) is 4.54. The van der Waals surface area contributed by atoms with Crippen LogP contribution in [0.5, 0.6) is 17.4 Å². The standard InChI is InChI=1S/C29H33N7O3/c1-3-38-27-19-24(11-12-26(27)36-21-32-22(2)33-36)34-14-7-15-35(17-16-34)29(37)31-20-23-8-6-9-25(18-23)39-28-10-4-5-13-30-28/h4-6,8-13,18-19,21H,3,7,14-17,20H2,1-2H3,(H,31,37). The van der Waals surface area contributed by atoms with E-state index in [1.165, 1.54) is 0 Å². The van der Waals surface area contributed by atoms with Crippen LogP contribution in [0, 0.1) is 6.92 Å². The van der Waals surface area contributed by atoms with Crippen LogP contribution in [-0.2, 0) is 6.54 Å². The van der Waals surface area contributed by atoms with Crippen LogP contribution in [0.3, 0.4) is 0 Å². The molecule has 202 valence electrons. The Balaban J connectivity index is 1.18. The third-order valence-electron chi connectivity index (χ3n) is 6.45. The molecular weight excluding hydrogens is 494 g/mol. The van der Waals surface area contributed by atoms with Crippen LogP contribution >= 0.6 is 0 Å². The highest BCUT2D eigenvalue weighted by molar-refractivity contribution is 5.74. The Morgan fingerprint density at radius 1 is 1.00 bits per heavy atom. The van der Waals surface area contributed by atoms with Crippen molar-refractivity contribution in [3.05, 3.63) is 84.6 Å². The van der Waals surface area contributed by atoms with Crippen molar-refractivity contribution in [2.24, 2.45) is 0 Å². The molecule has 2 aromatic carbocycles. The number of rotatable bonds is 8. The van der Waals surface area contributed by atoms with Gasteiger partial charge >= 0.3 is 6.03 Å². The molecule has 0 unspecified atom stereocenters. The van der Waals surface area contributed by atoms with Gasteiger partial charge < -0.3 is 24.6 Å². The zero-order valence-electron chi connectivity index (χ0n) is 22.3. The van der Waals surface area contributed by atoms with E-state index in [1.807, 2.05) is 67.3 Å². The number of amides is 2. The molecule has 1 saturated heterocycles. The second-order valence-electron chi connectivity index (χ2n) is 9.23. The van der Waals surface area contributed by atoms with Crippen molar-refractivity contribution >= 4 is 11.7 Å². The van der Waals surface area contributed by atoms with Crippen LogP contribution < -0.4 is 19.7 Å². The van der Waals surface area contributed by atoms with Gasteiger partial charge in [0.2, 0.25) is 5.88 Å². The molecule has 0 radical (unpaired) electrons. The predicted molar refractivity (Wildman–Crippen MR) is 149 cm³/mol. The number of anilines is 1. The Kier molecular flexibility index (Phi) is 8.20. The molecule has 1 aliphatic heterocycles. The summed E-state index contributed by atoms with van der Waals surface area (Å²) in [6.45, 7) is 7.70. The van der Waals surface area contributed by atoms with Gasteiger partial charge in [-0.15, -0.1) is 0 Å². The minimum atomic E-state index is -0.0696. The predicted octanol–water partition coefficient (Wildman–Crippen LogP) is 4.58. The first kappa shape index (κ1) is 26.0. The molecule has 0 aliphatic carbocycles. The number of nitrogens with zero attached hydrogens (tertiary/aromatic N) is 6. The monoisotopic (exact) mass is 527 g/mol. The summed E-state index contributed by atoms with van der Waals surface area (Å²) in [6, 6.07) is 19.3. The SMILES string of the molecule is CCOc1cc(N2CCCN(C(=O)NCc3cccc(Oc4ccccn4)c3)CC2)ccc1-n1cnc(C)n1. The van der Waals surface area contributed by atoms with Gasteiger partial charge in [0.05, 0.1) is 6.61 Å². The Bertz CT molecular complexity index is 1390. The molecule has 5 rings (SSSR count). The van der Waals surface area contributed by atoms with Crippen molar-refractivity contribution in [2.45, 2.75) is 26.8 Å². The van der Waals surface area contributed by atoms with Crippen molar-refractivity contribution in [2.75, 3.05) is 37.7 Å². The lowest BCUT2D eigenvalue weighted by Crippen LogP contribution is -2.41. The van der Waals surface area contributed by atoms with Crippen LogP contribution in [0.25, 0.3) is 5.69 Å². The molecule has 2 aromatic heterocycles. The van der Waals surface area contributed by atoms with E-state index < -0.39 is 0 Å². The second kappa shape index (κ2) is 12.3. The topological polar surface area (TPSA) is 97.6 Å². The molecule has 10 heteroatoms. The fraction of sp³-hybridized carbons (Fsp3) is 0.310. The molecule has 3 heterocycles. The molecular formula is C29H33N7O3. The quantitative estimate of drug-likeness (QED) is 0.358. The highest BCUT2D eigenvalue weighted by Crippen LogP contribution is 2.29. The summed E-state index contributed by atoms with van der Waals surface area (Å²) in [5.74, 6) is 2.68. The van der Waals surface area contributed by atoms with E-state index in [0.29, 0.717) is 43.7 Å². The molecule has 0 saturated carbocycles. The molecule has 2 amide bonds. The summed E-state index contributed by atoms with van der Waals surface area (Å²) in [5, 5.41) is 7.48. The van der Waals surface area contributed by atoms with E-state index in [4.69, 9.17) is 9.47 Å². The van der Waals surface area contributed by atoms with E-state index in [0.717, 1.165) is 42.2 Å². The molecule has 39 heavy (non-hydrogen) atoms. The van der Waals surface area contributed by atoms with E-state index in [2.05, 4.69) is 31.3 Å². The van der Waals surface area contributed by atoms with Crippen molar-refractivity contribution in [1.29, 1.82) is 0 Å². The van der Waals surface area contributed by atoms with Crippen LogP contribution in [0.1, 0.15) is 24.7 Å². The van der Waals surface area contributed by atoms with Crippen LogP contribution in [0.4, 0.5) is 10.5 Å². The first-order valence-corrected chi connectivity index (χ1v) is 13.2. The van der Waals surface area contributed by atoms with Crippen molar-refractivity contribution in [1.82, 2.24) is 30.0 Å². The maximum absolute atomic E-state index is 13.0. The number of aryl methyl sites for hydroxylation is 1. The van der Waals surface area contributed by atoms with E-state index >= 15 is 0 Å². The first-order chi connectivity index (χ1) is 19.1. The molecule has 0 atom stereocenters. The Morgan fingerprint density at radius 2 is 1.92 bits per heavy atom. The number of hydrogen-bond acceptors (Lipinski definition) is 7. The summed E-state index contributed by atoms with van der Waals surface area (Å²) in [6.07, 6.45) is 4.25. The number of nitrogens with one attached hydrogen (secondary N) is 1. The van der Waals surface area contributed by atoms with Gasteiger partial charge in [0.15, 0.2) is 0 Å². The van der Waals surface area contributed by atoms with Gasteiger partial charge in [-0.05, 0) is 56.2 Å². The maximum Gasteiger partial charge on any atom is 0.317 e. The van der Waals surface area contributed by atoms with Gasteiger partial charge in [-0.3, -0.25) is 0 Å². The number of urea groups is 1. The second-order valence-corrected chi connectivity index (χ2v) is 9.23. The number of ether oxygens (including phenoxy) is 2. The summed E-state index contributed by atoms with van der Waals surface area (Å²) in [4.78, 5) is 25.6. The van der Waals surface area contributed by atoms with E-state index in [9.17, 15) is 4.79 Å². The number of benzene rings is 2. The third-order valence-corrected chi connectivity index (χ3v) is 6.45. The molecule has 0 bridgehead atoms. The Labute approximate surface area is 228 Å². The van der Waals surface area contributed by atoms with Gasteiger partial charge in [-0.2, -0.15) is 5.10 Å². The lowest BCUT2D eigenvalue weighted by atomic mass is 10.2. The van der Waals surface area contributed by atoms with Crippen LogP contribution in [0.15, 0.2) is 73.2 Å². The van der Waals surface area contributed by atoms with Gasteiger partial charge in [0, 0.05) is 56.7 Å². The highest BCUT2D eigenvalue weighted by Gasteiger charge is 2.20. The van der Waals surface area contributed by atoms with E-state index in [1.54, 1.807) is 23.3 Å². The zero-order valence-corrected chi connectivity index (χ0v) is 22.3. The normalized spacial score (nSPS) is 13.6. The zero-order chi connectivity index (χ0) is 27.0. The van der Waals surface area contributed by atoms with Crippen molar-refractivity contribution in [3.8, 4) is 23.1 Å². The molecule has 1 N–H and O–H groups in total. The number of aromatic nitrogens is 4. The maximum atomic E-state index is 13.0. The number of hydrogen-bond donors (Lipinski definition) is 1. The van der Waals surface area contributed by atoms with Gasteiger partial charge in [0.25, 0.3) is 0 Å². The molecule has 4 aromatic rings. The summed E-state index contributed by atoms with van der Waals surface area (Å²) in [5.41, 5.74) is 2.87. The lowest BCUT2D eigenvalue weighted by molar-refractivity contribution is 0.201. The van der Waals surface area contributed by atoms with E-state index in [-0.39, 0.29) is 6.03 Å². The minimum absolute atomic E-state index is 0.0696. The van der Waals surface area contributed by atoms with Crippen molar-refractivity contribution < 1.29 is 14.3 Å². The number of carbonyl (C=O) groups excluding carboxylic acids is 1. The molecule has 1 aliphatic rings. The summed E-state index contributed by atoms with van der Waals surface area (Å²) < 4.78 is 13.5. The average Bonchev–Trinajstić information content (AvgIpc) is 3.23. The van der Waals surface area contributed by atoms with Gasteiger partial charge in [0.1, 0.15) is 29.3 Å². The highest BCUT2D eigenvalue weighted by atomic mass is 16.5. The molecule has 1 fully saturated rings. The number of pyridine rings is 1. The smallest absolute Gasteiger partial charge is 0.317 e. The van der Waals surface area contributed by atoms with Crippen molar-refractivity contribution in [3.63, 3.8) is 0 Å². The minimum Gasteiger partial charge on any atom is -0.492 e. The first-order valence-electron chi connectivity index (χ1n) is 13.2. The largest absolute Gasteiger partial charge is 0.492 e. The Hall–Kier alpha value is -4.60. The van der Waals surface area contributed by atoms with Gasteiger partial charge in [-0.1, -0.05) is 18.2 Å². The summed E-state index contributed by atoms with van der Waals surface area (Å²) in [7, 11) is 0. The Morgan fingerprint density at radius 3 is 2.72 bits per heavy atom. The van der Waals surface area contributed by atoms with Crippen LogP contribution in [0.2, 0.25) is 0 Å².